The van der Waals surface area contributed by atoms with Crippen molar-refractivity contribution < 1.29 is 28.6 Å². The summed E-state index contributed by atoms with van der Waals surface area (Å²) in [6.07, 6.45) is -1.46. The Balaban J connectivity index is 2.17. The number of hydrogen-bond acceptors (Lipinski definition) is 6. The van der Waals surface area contributed by atoms with E-state index in [1.807, 2.05) is 0 Å². The summed E-state index contributed by atoms with van der Waals surface area (Å²) in [5, 5.41) is 0. The Hall–Kier alpha value is -2.05. The van der Waals surface area contributed by atoms with Crippen LogP contribution in [0.1, 0.15) is 34.1 Å². The predicted molar refractivity (Wildman–Crippen MR) is 84.5 cm³/mol. The van der Waals surface area contributed by atoms with Gasteiger partial charge in [0.15, 0.2) is 17.3 Å². The third-order valence-corrected chi connectivity index (χ3v) is 4.83. The van der Waals surface area contributed by atoms with Gasteiger partial charge < -0.3 is 14.2 Å². The minimum Gasteiger partial charge on any atom is -0.496 e. The van der Waals surface area contributed by atoms with Crippen LogP contribution in [0, 0.1) is 11.8 Å². The number of carbonyl (C=O) groups excluding carboxylic acids is 3. The van der Waals surface area contributed by atoms with Crippen molar-refractivity contribution in [2.24, 2.45) is 11.8 Å². The van der Waals surface area contributed by atoms with Crippen LogP contribution >= 0.6 is 0 Å². The monoisotopic (exact) mass is 332 g/mol. The Morgan fingerprint density at radius 3 is 2.46 bits per heavy atom. The summed E-state index contributed by atoms with van der Waals surface area (Å²) in [7, 11) is 2.83. The van der Waals surface area contributed by atoms with Gasteiger partial charge in [0.25, 0.3) is 0 Å². The van der Waals surface area contributed by atoms with Crippen molar-refractivity contribution in [2.45, 2.75) is 25.6 Å². The zero-order chi connectivity index (χ0) is 17.4. The average Bonchev–Trinajstić information content (AvgIpc) is 2.58. The molecule has 2 aliphatic rings. The van der Waals surface area contributed by atoms with Gasteiger partial charge in [-0.1, -0.05) is 12.1 Å². The minimum atomic E-state index is -0.929. The van der Waals surface area contributed by atoms with E-state index in [0.717, 1.165) is 0 Å². The van der Waals surface area contributed by atoms with E-state index < -0.39 is 24.0 Å². The van der Waals surface area contributed by atoms with E-state index in [-0.39, 0.29) is 29.3 Å². The van der Waals surface area contributed by atoms with E-state index in [4.69, 9.17) is 14.2 Å². The van der Waals surface area contributed by atoms with Crippen molar-refractivity contribution in [2.75, 3.05) is 20.8 Å². The molecule has 1 saturated carbocycles. The molecule has 1 aromatic rings. The van der Waals surface area contributed by atoms with Gasteiger partial charge in [0.05, 0.1) is 30.6 Å². The summed E-state index contributed by atoms with van der Waals surface area (Å²) in [6, 6.07) is 4.94. The lowest BCUT2D eigenvalue weighted by Gasteiger charge is -2.42. The van der Waals surface area contributed by atoms with Crippen LogP contribution in [-0.2, 0) is 14.3 Å². The highest BCUT2D eigenvalue weighted by molar-refractivity contribution is 6.19. The van der Waals surface area contributed by atoms with E-state index in [9.17, 15) is 14.4 Å². The first-order chi connectivity index (χ1) is 11.5. The lowest BCUT2D eigenvalue weighted by atomic mass is 9.64. The normalized spacial score (nSPS) is 29.2. The zero-order valence-electron chi connectivity index (χ0n) is 13.9. The fourth-order valence-corrected chi connectivity index (χ4v) is 3.86. The third kappa shape index (κ3) is 2.37. The van der Waals surface area contributed by atoms with Gasteiger partial charge in [-0.25, -0.2) is 0 Å². The van der Waals surface area contributed by atoms with Crippen LogP contribution in [-0.4, -0.2) is 50.4 Å². The molecule has 6 heteroatoms. The minimum absolute atomic E-state index is 0.0752. The van der Waals surface area contributed by atoms with Gasteiger partial charge in [-0.05, 0) is 13.0 Å². The van der Waals surface area contributed by atoms with Crippen LogP contribution in [0.25, 0.3) is 0 Å². The second kappa shape index (κ2) is 6.45. The summed E-state index contributed by atoms with van der Waals surface area (Å²) in [5.74, 6) is -1.94. The molecule has 0 unspecified atom stereocenters. The quantitative estimate of drug-likeness (QED) is 0.835. The van der Waals surface area contributed by atoms with Crippen molar-refractivity contribution in [1.29, 1.82) is 0 Å². The summed E-state index contributed by atoms with van der Waals surface area (Å²) in [4.78, 5) is 38.6. The molecule has 0 aromatic heterocycles. The van der Waals surface area contributed by atoms with E-state index in [0.29, 0.717) is 17.9 Å². The van der Waals surface area contributed by atoms with E-state index in [1.165, 1.54) is 14.2 Å². The van der Waals surface area contributed by atoms with Crippen LogP contribution < -0.4 is 4.74 Å². The van der Waals surface area contributed by atoms with Gasteiger partial charge in [0.2, 0.25) is 0 Å². The zero-order valence-corrected chi connectivity index (χ0v) is 13.9. The molecule has 128 valence electrons. The fraction of sp³-hybridized carbons (Fsp3) is 0.500. The standard InChI is InChI=1S/C18H20O6/c1-4-24-12-8-10(19)18(23-3)15-14(12)16(20)9-6-5-7-11(22-2)13(9)17(15)21/h5-7,12,14-15,18H,4,8H2,1-3H3/t12-,14-,15+,18+/m1/s1. The summed E-state index contributed by atoms with van der Waals surface area (Å²) < 4.78 is 16.2. The van der Waals surface area contributed by atoms with Gasteiger partial charge >= 0.3 is 0 Å². The highest BCUT2D eigenvalue weighted by atomic mass is 16.5. The number of ether oxygens (including phenoxy) is 3. The molecular weight excluding hydrogens is 312 g/mol. The number of hydrogen-bond donors (Lipinski definition) is 0. The number of carbonyl (C=O) groups is 3. The molecular formula is C18H20O6. The lowest BCUT2D eigenvalue weighted by molar-refractivity contribution is -0.144. The molecule has 0 radical (unpaired) electrons. The molecule has 24 heavy (non-hydrogen) atoms. The van der Waals surface area contributed by atoms with Crippen molar-refractivity contribution in [3.8, 4) is 5.75 Å². The first-order valence-corrected chi connectivity index (χ1v) is 7.97. The number of Topliss-reactive ketones (excluding diaryl/α,β-unsaturated/α-hetero) is 3. The molecule has 0 amide bonds. The fourth-order valence-electron chi connectivity index (χ4n) is 3.86. The number of ketones is 3. The third-order valence-electron chi connectivity index (χ3n) is 4.83. The first-order valence-electron chi connectivity index (χ1n) is 7.97. The Morgan fingerprint density at radius 1 is 1.08 bits per heavy atom. The van der Waals surface area contributed by atoms with Crippen molar-refractivity contribution in [3.05, 3.63) is 29.3 Å². The van der Waals surface area contributed by atoms with Crippen LogP contribution in [0.5, 0.6) is 5.75 Å². The number of benzene rings is 1. The molecule has 1 aromatic carbocycles. The molecule has 0 spiro atoms. The first kappa shape index (κ1) is 16.8. The van der Waals surface area contributed by atoms with Gasteiger partial charge in [0, 0.05) is 25.7 Å². The molecule has 4 atom stereocenters. The van der Waals surface area contributed by atoms with Crippen molar-refractivity contribution in [3.63, 3.8) is 0 Å². The number of methoxy groups -OCH3 is 2. The maximum atomic E-state index is 13.1. The van der Waals surface area contributed by atoms with E-state index >= 15 is 0 Å². The maximum absolute atomic E-state index is 13.1. The van der Waals surface area contributed by atoms with Crippen LogP contribution in [0.4, 0.5) is 0 Å². The SMILES string of the molecule is CCO[C@@H]1CC(=O)[C@H](OC)[C@@H]2C(=O)c3c(OC)cccc3C(=O)[C@@H]21. The van der Waals surface area contributed by atoms with Crippen molar-refractivity contribution >= 4 is 17.3 Å². The Labute approximate surface area is 140 Å². The van der Waals surface area contributed by atoms with Crippen molar-refractivity contribution in [1.82, 2.24) is 0 Å². The van der Waals surface area contributed by atoms with Crippen LogP contribution in [0.15, 0.2) is 18.2 Å². The molecule has 0 N–H and O–H groups in total. The topological polar surface area (TPSA) is 78.9 Å². The maximum Gasteiger partial charge on any atom is 0.174 e. The predicted octanol–water partition coefficient (Wildman–Crippen LogP) is 1.70. The second-order valence-electron chi connectivity index (χ2n) is 5.98. The summed E-state index contributed by atoms with van der Waals surface area (Å²) >= 11 is 0. The molecule has 0 bridgehead atoms. The highest BCUT2D eigenvalue weighted by Gasteiger charge is 2.55. The highest BCUT2D eigenvalue weighted by Crippen LogP contribution is 2.43. The molecule has 2 aliphatic carbocycles. The second-order valence-corrected chi connectivity index (χ2v) is 5.98. The summed E-state index contributed by atoms with van der Waals surface area (Å²) in [5.41, 5.74) is 0.563. The Morgan fingerprint density at radius 2 is 1.83 bits per heavy atom. The number of fused-ring (bicyclic) bond motifs is 2. The Kier molecular flexibility index (Phi) is 4.51. The van der Waals surface area contributed by atoms with Crippen LogP contribution in [0.2, 0.25) is 0 Å². The van der Waals surface area contributed by atoms with Crippen LogP contribution in [0.3, 0.4) is 0 Å². The van der Waals surface area contributed by atoms with Gasteiger partial charge in [-0.3, -0.25) is 14.4 Å². The lowest BCUT2D eigenvalue weighted by Crippen LogP contribution is -2.56. The number of rotatable bonds is 4. The van der Waals surface area contributed by atoms with Gasteiger partial charge in [-0.15, -0.1) is 0 Å². The Bertz CT molecular complexity index is 695. The molecule has 0 aliphatic heterocycles. The van der Waals surface area contributed by atoms with Gasteiger partial charge in [-0.2, -0.15) is 0 Å². The molecule has 3 rings (SSSR count). The smallest absolute Gasteiger partial charge is 0.174 e. The molecule has 1 fully saturated rings. The largest absolute Gasteiger partial charge is 0.496 e. The molecule has 0 heterocycles. The average molecular weight is 332 g/mol. The summed E-state index contributed by atoms with van der Waals surface area (Å²) in [6.45, 7) is 2.17. The van der Waals surface area contributed by atoms with E-state index in [1.54, 1.807) is 25.1 Å². The molecule has 0 saturated heterocycles. The van der Waals surface area contributed by atoms with Gasteiger partial charge in [0.1, 0.15) is 11.9 Å². The molecule has 6 nitrogen and oxygen atoms in total. The van der Waals surface area contributed by atoms with E-state index in [2.05, 4.69) is 0 Å².